The summed E-state index contributed by atoms with van der Waals surface area (Å²) in [6, 6.07) is 19.8. The van der Waals surface area contributed by atoms with Crippen molar-refractivity contribution in [1.82, 2.24) is 0 Å². The molecule has 3 aromatic carbocycles. The Morgan fingerprint density at radius 2 is 1.85 bits per heavy atom. The molecule has 0 atom stereocenters. The van der Waals surface area contributed by atoms with Gasteiger partial charge < -0.3 is 0 Å². The van der Waals surface area contributed by atoms with Crippen LogP contribution in [0.2, 0.25) is 5.02 Å². The number of nitrogens with zero attached hydrogens (tertiary/aromatic N) is 2. The predicted molar refractivity (Wildman–Crippen MR) is 110 cm³/mol. The average Bonchev–Trinajstić information content (AvgIpc) is 2.62. The molecule has 0 bridgehead atoms. The molecule has 0 aliphatic carbocycles. The van der Waals surface area contributed by atoms with E-state index in [9.17, 15) is 10.1 Å². The average molecular weight is 448 g/mol. The lowest BCUT2D eigenvalue weighted by atomic mass is 10.2. The summed E-state index contributed by atoms with van der Waals surface area (Å²) < 4.78 is 0.924. The highest BCUT2D eigenvalue weighted by atomic mass is 79.9. The third-order valence-electron chi connectivity index (χ3n) is 3.39. The van der Waals surface area contributed by atoms with Crippen LogP contribution in [0.5, 0.6) is 0 Å². The van der Waals surface area contributed by atoms with Gasteiger partial charge in [0, 0.05) is 26.7 Å². The lowest BCUT2D eigenvalue weighted by Gasteiger charge is -2.04. The van der Waals surface area contributed by atoms with Gasteiger partial charge in [-0.25, -0.2) is 0 Å². The zero-order chi connectivity index (χ0) is 18.5. The Kier molecular flexibility index (Phi) is 6.08. The maximum atomic E-state index is 11.5. The van der Waals surface area contributed by atoms with Gasteiger partial charge in [-0.1, -0.05) is 51.4 Å². The van der Waals surface area contributed by atoms with Crippen molar-refractivity contribution in [3.05, 3.63) is 91.9 Å². The van der Waals surface area contributed by atoms with Crippen LogP contribution >= 0.6 is 39.3 Å². The maximum Gasteiger partial charge on any atom is 0.283 e. The van der Waals surface area contributed by atoms with E-state index in [2.05, 4.69) is 20.9 Å². The van der Waals surface area contributed by atoms with Crippen LogP contribution < -0.4 is 0 Å². The zero-order valence-electron chi connectivity index (χ0n) is 13.3. The fourth-order valence-electron chi connectivity index (χ4n) is 2.18. The summed E-state index contributed by atoms with van der Waals surface area (Å²) in [5.74, 6) is 0. The molecule has 0 unspecified atom stereocenters. The van der Waals surface area contributed by atoms with Gasteiger partial charge in [0.25, 0.3) is 5.69 Å². The van der Waals surface area contributed by atoms with Crippen molar-refractivity contribution in [3.63, 3.8) is 0 Å². The first kappa shape index (κ1) is 18.6. The van der Waals surface area contributed by atoms with Gasteiger partial charge in [-0.05, 0) is 54.1 Å². The van der Waals surface area contributed by atoms with Crippen molar-refractivity contribution in [2.24, 2.45) is 4.99 Å². The Bertz CT molecular complexity index is 978. The highest BCUT2D eigenvalue weighted by Crippen LogP contribution is 2.35. The molecule has 0 aromatic heterocycles. The second-order valence-electron chi connectivity index (χ2n) is 5.28. The van der Waals surface area contributed by atoms with Gasteiger partial charge in [0.15, 0.2) is 0 Å². The Morgan fingerprint density at radius 1 is 1.08 bits per heavy atom. The van der Waals surface area contributed by atoms with E-state index < -0.39 is 0 Å². The van der Waals surface area contributed by atoms with Crippen molar-refractivity contribution in [1.29, 1.82) is 0 Å². The summed E-state index contributed by atoms with van der Waals surface area (Å²) >= 11 is 10.6. The molecule has 0 aliphatic heterocycles. The summed E-state index contributed by atoms with van der Waals surface area (Å²) in [6.07, 6.45) is 1.62. The largest absolute Gasteiger partial charge is 0.283 e. The van der Waals surface area contributed by atoms with Crippen LogP contribution in [0.25, 0.3) is 0 Å². The fourth-order valence-corrected chi connectivity index (χ4v) is 3.59. The second kappa shape index (κ2) is 8.49. The van der Waals surface area contributed by atoms with E-state index in [1.807, 2.05) is 42.5 Å². The van der Waals surface area contributed by atoms with Crippen molar-refractivity contribution in [2.75, 3.05) is 0 Å². The first-order valence-electron chi connectivity index (χ1n) is 7.53. The molecule has 26 heavy (non-hydrogen) atoms. The van der Waals surface area contributed by atoms with Crippen molar-refractivity contribution >= 4 is 56.9 Å². The molecule has 3 aromatic rings. The van der Waals surface area contributed by atoms with Crippen molar-refractivity contribution in [2.45, 2.75) is 9.79 Å². The number of hydrogen-bond acceptors (Lipinski definition) is 4. The quantitative estimate of drug-likeness (QED) is 0.242. The molecule has 0 fully saturated rings. The minimum Gasteiger partial charge on any atom is -0.258 e. The van der Waals surface area contributed by atoms with Crippen LogP contribution in [0.4, 0.5) is 11.4 Å². The SMILES string of the molecule is O=[N+]([O-])c1cc(C=Nc2cccc(Br)c2)ccc1Sc1ccc(Cl)cc1. The number of rotatable bonds is 5. The molecule has 0 saturated heterocycles. The van der Waals surface area contributed by atoms with Gasteiger partial charge in [-0.2, -0.15) is 0 Å². The molecular weight excluding hydrogens is 436 g/mol. The summed E-state index contributed by atoms with van der Waals surface area (Å²) in [6.45, 7) is 0. The van der Waals surface area contributed by atoms with E-state index in [1.54, 1.807) is 24.4 Å². The summed E-state index contributed by atoms with van der Waals surface area (Å²) in [5, 5.41) is 12.1. The molecule has 0 heterocycles. The second-order valence-corrected chi connectivity index (χ2v) is 7.75. The molecule has 130 valence electrons. The van der Waals surface area contributed by atoms with Crippen LogP contribution in [0.3, 0.4) is 0 Å². The van der Waals surface area contributed by atoms with E-state index in [1.165, 1.54) is 17.8 Å². The number of halogens is 2. The van der Waals surface area contributed by atoms with Crippen LogP contribution in [0.15, 0.2) is 86.0 Å². The Hall–Kier alpha value is -2.15. The van der Waals surface area contributed by atoms with E-state index in [0.29, 0.717) is 15.5 Å². The number of benzene rings is 3. The molecule has 7 heteroatoms. The molecule has 0 amide bonds. The van der Waals surface area contributed by atoms with Gasteiger partial charge in [0.2, 0.25) is 0 Å². The number of hydrogen-bond donors (Lipinski definition) is 0. The third kappa shape index (κ3) is 4.94. The number of nitro groups is 1. The lowest BCUT2D eigenvalue weighted by molar-refractivity contribution is -0.387. The topological polar surface area (TPSA) is 55.5 Å². The first-order valence-corrected chi connectivity index (χ1v) is 9.51. The van der Waals surface area contributed by atoms with Gasteiger partial charge in [-0.3, -0.25) is 15.1 Å². The minimum absolute atomic E-state index is 0.0446. The minimum atomic E-state index is -0.380. The van der Waals surface area contributed by atoms with Crippen LogP contribution in [-0.4, -0.2) is 11.1 Å². The predicted octanol–water partition coefficient (Wildman–Crippen LogP) is 6.91. The Morgan fingerprint density at radius 3 is 2.54 bits per heavy atom. The highest BCUT2D eigenvalue weighted by molar-refractivity contribution is 9.10. The van der Waals surface area contributed by atoms with E-state index >= 15 is 0 Å². The van der Waals surface area contributed by atoms with Crippen molar-refractivity contribution in [3.8, 4) is 0 Å². The molecule has 0 aliphatic rings. The first-order chi connectivity index (χ1) is 12.5. The van der Waals surface area contributed by atoms with Crippen molar-refractivity contribution < 1.29 is 4.92 Å². The molecule has 0 radical (unpaired) electrons. The molecule has 3 rings (SSSR count). The molecule has 0 saturated carbocycles. The molecular formula is C19H12BrClN2O2S. The number of aliphatic imine (C=N–C) groups is 1. The Labute approximate surface area is 168 Å². The van der Waals surface area contributed by atoms with Crippen LogP contribution in [-0.2, 0) is 0 Å². The van der Waals surface area contributed by atoms with Gasteiger partial charge >= 0.3 is 0 Å². The van der Waals surface area contributed by atoms with Crippen LogP contribution in [0, 0.1) is 10.1 Å². The summed E-state index contributed by atoms with van der Waals surface area (Å²) in [4.78, 5) is 16.9. The number of nitro benzene ring substituents is 1. The molecule has 0 spiro atoms. The molecule has 0 N–H and O–H groups in total. The fraction of sp³-hybridized carbons (Fsp3) is 0. The molecule has 4 nitrogen and oxygen atoms in total. The smallest absolute Gasteiger partial charge is 0.258 e. The van der Waals surface area contributed by atoms with E-state index in [-0.39, 0.29) is 10.6 Å². The standard InChI is InChI=1S/C19H12BrClN2O2S/c20-14-2-1-3-16(11-14)22-12-13-4-9-19(18(10-13)23(24)25)26-17-7-5-15(21)6-8-17/h1-12H. The van der Waals surface area contributed by atoms with Gasteiger partial charge in [0.1, 0.15) is 0 Å². The van der Waals surface area contributed by atoms with Gasteiger partial charge in [0.05, 0.1) is 15.5 Å². The monoisotopic (exact) mass is 446 g/mol. The third-order valence-corrected chi connectivity index (χ3v) is 5.21. The lowest BCUT2D eigenvalue weighted by Crippen LogP contribution is -1.93. The maximum absolute atomic E-state index is 11.5. The van der Waals surface area contributed by atoms with E-state index in [0.717, 1.165) is 15.1 Å². The zero-order valence-corrected chi connectivity index (χ0v) is 16.5. The highest BCUT2D eigenvalue weighted by Gasteiger charge is 2.15. The van der Waals surface area contributed by atoms with Crippen LogP contribution in [0.1, 0.15) is 5.56 Å². The Balaban J connectivity index is 1.86. The summed E-state index contributed by atoms with van der Waals surface area (Å²) in [7, 11) is 0. The van der Waals surface area contributed by atoms with E-state index in [4.69, 9.17) is 11.6 Å². The van der Waals surface area contributed by atoms with Gasteiger partial charge in [-0.15, -0.1) is 0 Å². The normalized spacial score (nSPS) is 11.0. The summed E-state index contributed by atoms with van der Waals surface area (Å²) in [5.41, 5.74) is 1.47.